The van der Waals surface area contributed by atoms with E-state index < -0.39 is 0 Å². The quantitative estimate of drug-likeness (QED) is 0.653. The molecule has 16 heavy (non-hydrogen) atoms. The van der Waals surface area contributed by atoms with Gasteiger partial charge in [0.1, 0.15) is 5.78 Å². The van der Waals surface area contributed by atoms with Crippen LogP contribution in [0, 0.1) is 5.92 Å². The zero-order valence-electron chi connectivity index (χ0n) is 11.5. The van der Waals surface area contributed by atoms with E-state index in [2.05, 4.69) is 13.8 Å². The van der Waals surface area contributed by atoms with Gasteiger partial charge in [-0.15, -0.1) is 0 Å². The molecule has 0 radical (unpaired) electrons. The Balaban J connectivity index is 3.83. The summed E-state index contributed by atoms with van der Waals surface area (Å²) in [6, 6.07) is 0. The average molecular weight is 227 g/mol. The molecular weight excluding hydrogens is 198 g/mol. The fraction of sp³-hybridized carbons (Fsp3) is 0.929. The molecule has 0 bridgehead atoms. The highest BCUT2D eigenvalue weighted by Crippen LogP contribution is 2.19. The SMILES string of the molecule is CCCCC(CC)CC(=O)CCC(C)(C)N. The Morgan fingerprint density at radius 3 is 2.38 bits per heavy atom. The molecule has 1 unspecified atom stereocenters. The number of hydrogen-bond donors (Lipinski definition) is 1. The van der Waals surface area contributed by atoms with Crippen LogP contribution in [0.5, 0.6) is 0 Å². The van der Waals surface area contributed by atoms with Crippen molar-refractivity contribution < 1.29 is 4.79 Å². The normalized spacial score (nSPS) is 13.8. The van der Waals surface area contributed by atoms with Crippen LogP contribution in [0.15, 0.2) is 0 Å². The smallest absolute Gasteiger partial charge is 0.133 e. The number of ketones is 1. The van der Waals surface area contributed by atoms with E-state index in [0.717, 1.165) is 19.3 Å². The highest BCUT2D eigenvalue weighted by atomic mass is 16.1. The van der Waals surface area contributed by atoms with Crippen molar-refractivity contribution in [2.75, 3.05) is 0 Å². The van der Waals surface area contributed by atoms with Gasteiger partial charge in [-0.05, 0) is 26.2 Å². The van der Waals surface area contributed by atoms with E-state index in [1.807, 2.05) is 13.8 Å². The van der Waals surface area contributed by atoms with Gasteiger partial charge >= 0.3 is 0 Å². The number of unbranched alkanes of at least 4 members (excludes halogenated alkanes) is 1. The first kappa shape index (κ1) is 15.6. The molecule has 0 aromatic heterocycles. The first-order chi connectivity index (χ1) is 7.39. The van der Waals surface area contributed by atoms with Crippen LogP contribution in [0.1, 0.15) is 72.6 Å². The Morgan fingerprint density at radius 1 is 1.31 bits per heavy atom. The van der Waals surface area contributed by atoms with E-state index in [9.17, 15) is 4.79 Å². The summed E-state index contributed by atoms with van der Waals surface area (Å²) in [4.78, 5) is 11.8. The number of carbonyl (C=O) groups is 1. The third kappa shape index (κ3) is 8.90. The van der Waals surface area contributed by atoms with Gasteiger partial charge in [0.2, 0.25) is 0 Å². The predicted octanol–water partition coefficient (Wildman–Crippen LogP) is 3.68. The molecule has 0 saturated heterocycles. The number of rotatable bonds is 9. The van der Waals surface area contributed by atoms with Crippen molar-refractivity contribution >= 4 is 5.78 Å². The topological polar surface area (TPSA) is 43.1 Å². The van der Waals surface area contributed by atoms with E-state index >= 15 is 0 Å². The lowest BCUT2D eigenvalue weighted by molar-refractivity contribution is -0.120. The second kappa shape index (κ2) is 7.83. The van der Waals surface area contributed by atoms with Crippen molar-refractivity contribution in [2.24, 2.45) is 11.7 Å². The maximum Gasteiger partial charge on any atom is 0.133 e. The van der Waals surface area contributed by atoms with Gasteiger partial charge in [0.05, 0.1) is 0 Å². The van der Waals surface area contributed by atoms with Gasteiger partial charge in [-0.3, -0.25) is 4.79 Å². The Bertz CT molecular complexity index is 193. The molecule has 0 aromatic rings. The first-order valence-electron chi connectivity index (χ1n) is 6.69. The van der Waals surface area contributed by atoms with Crippen molar-refractivity contribution in [2.45, 2.75) is 78.2 Å². The third-order valence-electron chi connectivity index (χ3n) is 3.11. The summed E-state index contributed by atoms with van der Waals surface area (Å²) in [6.45, 7) is 8.34. The molecular formula is C14H29NO. The van der Waals surface area contributed by atoms with Crippen LogP contribution in [0.3, 0.4) is 0 Å². The average Bonchev–Trinajstić information content (AvgIpc) is 2.20. The van der Waals surface area contributed by atoms with Crippen molar-refractivity contribution in [3.8, 4) is 0 Å². The van der Waals surface area contributed by atoms with E-state index in [0.29, 0.717) is 18.1 Å². The van der Waals surface area contributed by atoms with Gasteiger partial charge in [-0.25, -0.2) is 0 Å². The zero-order valence-corrected chi connectivity index (χ0v) is 11.5. The molecule has 0 rings (SSSR count). The summed E-state index contributed by atoms with van der Waals surface area (Å²) in [5.74, 6) is 0.981. The second-order valence-electron chi connectivity index (χ2n) is 5.65. The minimum atomic E-state index is -0.208. The summed E-state index contributed by atoms with van der Waals surface area (Å²) < 4.78 is 0. The molecule has 0 fully saturated rings. The molecule has 1 atom stereocenters. The van der Waals surface area contributed by atoms with Crippen molar-refractivity contribution in [1.82, 2.24) is 0 Å². The van der Waals surface area contributed by atoms with Crippen molar-refractivity contribution in [3.63, 3.8) is 0 Å². The minimum absolute atomic E-state index is 0.208. The van der Waals surface area contributed by atoms with Crippen LogP contribution >= 0.6 is 0 Å². The van der Waals surface area contributed by atoms with Crippen molar-refractivity contribution in [3.05, 3.63) is 0 Å². The van der Waals surface area contributed by atoms with Gasteiger partial charge in [-0.2, -0.15) is 0 Å². The molecule has 2 heteroatoms. The maximum atomic E-state index is 11.8. The van der Waals surface area contributed by atoms with Gasteiger partial charge in [-0.1, -0.05) is 39.5 Å². The lowest BCUT2D eigenvalue weighted by Crippen LogP contribution is -2.32. The van der Waals surface area contributed by atoms with Crippen LogP contribution in [-0.2, 0) is 4.79 Å². The Kier molecular flexibility index (Phi) is 7.65. The molecule has 0 aromatic carbocycles. The number of hydrogen-bond acceptors (Lipinski definition) is 2. The Hall–Kier alpha value is -0.370. The lowest BCUT2D eigenvalue weighted by Gasteiger charge is -2.18. The predicted molar refractivity (Wildman–Crippen MR) is 70.4 cm³/mol. The molecule has 0 aliphatic carbocycles. The molecule has 0 saturated carbocycles. The molecule has 0 aliphatic heterocycles. The third-order valence-corrected chi connectivity index (χ3v) is 3.11. The number of carbonyl (C=O) groups excluding carboxylic acids is 1. The fourth-order valence-electron chi connectivity index (χ4n) is 1.83. The van der Waals surface area contributed by atoms with Crippen LogP contribution in [0.4, 0.5) is 0 Å². The van der Waals surface area contributed by atoms with E-state index in [4.69, 9.17) is 5.73 Å². The number of Topliss-reactive ketones (excluding diaryl/α,β-unsaturated/α-hetero) is 1. The number of nitrogens with two attached hydrogens (primary N) is 1. The highest BCUT2D eigenvalue weighted by molar-refractivity contribution is 5.78. The molecule has 0 amide bonds. The molecule has 0 spiro atoms. The van der Waals surface area contributed by atoms with Crippen LogP contribution in [0.25, 0.3) is 0 Å². The van der Waals surface area contributed by atoms with E-state index in [1.54, 1.807) is 0 Å². The molecule has 96 valence electrons. The van der Waals surface area contributed by atoms with E-state index in [-0.39, 0.29) is 5.54 Å². The van der Waals surface area contributed by atoms with Gasteiger partial charge in [0, 0.05) is 18.4 Å². The maximum absolute atomic E-state index is 11.8. The van der Waals surface area contributed by atoms with Crippen LogP contribution < -0.4 is 5.73 Å². The van der Waals surface area contributed by atoms with Crippen LogP contribution in [0.2, 0.25) is 0 Å². The van der Waals surface area contributed by atoms with Crippen LogP contribution in [-0.4, -0.2) is 11.3 Å². The zero-order chi connectivity index (χ0) is 12.6. The van der Waals surface area contributed by atoms with Gasteiger partial charge in [0.15, 0.2) is 0 Å². The monoisotopic (exact) mass is 227 g/mol. The summed E-state index contributed by atoms with van der Waals surface area (Å²) in [5.41, 5.74) is 5.67. The Labute approximate surface area is 101 Å². The Morgan fingerprint density at radius 2 is 1.94 bits per heavy atom. The molecule has 2 N–H and O–H groups in total. The summed E-state index contributed by atoms with van der Waals surface area (Å²) in [7, 11) is 0. The largest absolute Gasteiger partial charge is 0.326 e. The van der Waals surface area contributed by atoms with Gasteiger partial charge in [0.25, 0.3) is 0 Å². The molecule has 2 nitrogen and oxygen atoms in total. The van der Waals surface area contributed by atoms with E-state index in [1.165, 1.54) is 19.3 Å². The standard InChI is InChI=1S/C14H29NO/c1-5-7-8-12(6-2)11-13(16)9-10-14(3,4)15/h12H,5-11,15H2,1-4H3. The van der Waals surface area contributed by atoms with Crippen molar-refractivity contribution in [1.29, 1.82) is 0 Å². The summed E-state index contributed by atoms with van der Waals surface area (Å²) in [5, 5.41) is 0. The first-order valence-corrected chi connectivity index (χ1v) is 6.69. The summed E-state index contributed by atoms with van der Waals surface area (Å²) >= 11 is 0. The lowest BCUT2D eigenvalue weighted by atomic mass is 9.90. The molecule has 0 heterocycles. The summed E-state index contributed by atoms with van der Waals surface area (Å²) in [6.07, 6.45) is 6.99. The fourth-order valence-corrected chi connectivity index (χ4v) is 1.83. The second-order valence-corrected chi connectivity index (χ2v) is 5.65. The minimum Gasteiger partial charge on any atom is -0.326 e. The van der Waals surface area contributed by atoms with Gasteiger partial charge < -0.3 is 5.73 Å². The highest BCUT2D eigenvalue weighted by Gasteiger charge is 2.16. The molecule has 0 aliphatic rings.